The average molecular weight is 609 g/mol. The van der Waals surface area contributed by atoms with Gasteiger partial charge in [0.2, 0.25) is 0 Å². The third-order valence-corrected chi connectivity index (χ3v) is 9.43. The average Bonchev–Trinajstić information content (AvgIpc) is 3.37. The second-order valence-corrected chi connectivity index (χ2v) is 12.5. The third kappa shape index (κ3) is 5.68. The van der Waals surface area contributed by atoms with Gasteiger partial charge >= 0.3 is 16.3 Å². The first kappa shape index (κ1) is 29.1. The lowest BCUT2D eigenvalue weighted by Gasteiger charge is -2.29. The standard InChI is InChI=1S/C31H33FN4O6S/c1-4-40-30(37)15-25-21-8-7-19(2)22(13-21)17-35-18-23-14-29(26(32)16-28(23)42-43(35,38)39)41-12-6-5-11-36-27-10-9-24(25)20(3)31(27)33-34-36/h7-10,13-14,16,25H,4-6,11-12,15,17-18H2,1-3H3. The van der Waals surface area contributed by atoms with Crippen molar-refractivity contribution >= 4 is 27.3 Å². The fraction of sp³-hybridized carbons (Fsp3) is 0.387. The summed E-state index contributed by atoms with van der Waals surface area (Å²) in [5, 5.41) is 8.85. The highest BCUT2D eigenvalue weighted by Crippen LogP contribution is 2.37. The van der Waals surface area contributed by atoms with Gasteiger partial charge in [-0.05, 0) is 73.6 Å². The predicted octanol–water partition coefficient (Wildman–Crippen LogP) is 5.08. The van der Waals surface area contributed by atoms with Crippen LogP contribution in [-0.2, 0) is 39.5 Å². The van der Waals surface area contributed by atoms with Crippen molar-refractivity contribution in [2.75, 3.05) is 13.2 Å². The predicted molar refractivity (Wildman–Crippen MR) is 156 cm³/mol. The molecule has 0 saturated carbocycles. The summed E-state index contributed by atoms with van der Waals surface area (Å²) in [7, 11) is -4.20. The highest BCUT2D eigenvalue weighted by atomic mass is 32.2. The number of aromatic nitrogens is 3. The minimum atomic E-state index is -4.20. The summed E-state index contributed by atoms with van der Waals surface area (Å²) >= 11 is 0. The van der Waals surface area contributed by atoms with E-state index in [1.54, 1.807) is 6.92 Å². The maximum Gasteiger partial charge on any atom is 0.385 e. The molecule has 12 heteroatoms. The van der Waals surface area contributed by atoms with Gasteiger partial charge in [-0.25, -0.2) is 9.07 Å². The normalized spacial score (nSPS) is 19.6. The van der Waals surface area contributed by atoms with E-state index in [1.807, 2.05) is 48.9 Å². The van der Waals surface area contributed by atoms with Gasteiger partial charge in [0.1, 0.15) is 5.52 Å². The van der Waals surface area contributed by atoms with Crippen LogP contribution in [0.4, 0.5) is 4.39 Å². The topological polar surface area (TPSA) is 113 Å². The highest BCUT2D eigenvalue weighted by molar-refractivity contribution is 7.84. The van der Waals surface area contributed by atoms with Crippen LogP contribution in [-0.4, -0.2) is 46.9 Å². The van der Waals surface area contributed by atoms with E-state index in [2.05, 4.69) is 10.3 Å². The van der Waals surface area contributed by atoms with Gasteiger partial charge in [-0.2, -0.15) is 12.7 Å². The first-order valence-electron chi connectivity index (χ1n) is 14.4. The molecule has 9 bridgehead atoms. The zero-order valence-corrected chi connectivity index (χ0v) is 25.1. The van der Waals surface area contributed by atoms with Crippen molar-refractivity contribution in [3.8, 4) is 11.5 Å². The second-order valence-electron chi connectivity index (χ2n) is 11.0. The lowest BCUT2D eigenvalue weighted by molar-refractivity contribution is -0.143. The molecule has 0 spiro atoms. The van der Waals surface area contributed by atoms with Crippen molar-refractivity contribution in [3.63, 3.8) is 0 Å². The van der Waals surface area contributed by atoms with Crippen LogP contribution in [0.25, 0.3) is 11.0 Å². The molecule has 0 N–H and O–H groups in total. The van der Waals surface area contributed by atoms with Crippen molar-refractivity contribution in [1.29, 1.82) is 0 Å². The molecule has 4 heterocycles. The summed E-state index contributed by atoms with van der Waals surface area (Å²) in [5.41, 5.74) is 6.43. The molecule has 0 saturated heterocycles. The van der Waals surface area contributed by atoms with E-state index in [0.29, 0.717) is 18.5 Å². The summed E-state index contributed by atoms with van der Waals surface area (Å²) in [6.07, 6.45) is 1.46. The van der Waals surface area contributed by atoms with Crippen LogP contribution in [0.15, 0.2) is 42.5 Å². The number of fused-ring (bicyclic) bond motifs is 5. The van der Waals surface area contributed by atoms with E-state index in [0.717, 1.165) is 51.3 Å². The Labute approximate surface area is 249 Å². The minimum Gasteiger partial charge on any atom is -0.491 e. The van der Waals surface area contributed by atoms with Crippen LogP contribution in [0, 0.1) is 19.7 Å². The van der Waals surface area contributed by atoms with E-state index < -0.39 is 16.1 Å². The van der Waals surface area contributed by atoms with E-state index >= 15 is 0 Å². The van der Waals surface area contributed by atoms with Crippen LogP contribution in [0.1, 0.15) is 65.5 Å². The summed E-state index contributed by atoms with van der Waals surface area (Å²) in [6, 6.07) is 12.4. The quantitative estimate of drug-likeness (QED) is 0.296. The molecule has 4 aromatic rings. The number of esters is 1. The lowest BCUT2D eigenvalue weighted by atomic mass is 9.84. The van der Waals surface area contributed by atoms with Crippen molar-refractivity contribution in [2.45, 2.75) is 65.6 Å². The van der Waals surface area contributed by atoms with Gasteiger partial charge in [-0.3, -0.25) is 4.79 Å². The molecule has 2 atom stereocenters. The molecule has 0 amide bonds. The van der Waals surface area contributed by atoms with E-state index in [1.165, 1.54) is 10.4 Å². The molecule has 226 valence electrons. The maximum atomic E-state index is 14.8. The van der Waals surface area contributed by atoms with Gasteiger partial charge in [0.15, 0.2) is 17.3 Å². The Morgan fingerprint density at radius 1 is 1.07 bits per heavy atom. The Morgan fingerprint density at radius 3 is 2.70 bits per heavy atom. The number of hydrogen-bond donors (Lipinski definition) is 0. The van der Waals surface area contributed by atoms with E-state index in [9.17, 15) is 17.6 Å². The molecule has 0 fully saturated rings. The van der Waals surface area contributed by atoms with Crippen molar-refractivity contribution in [1.82, 2.24) is 19.3 Å². The molecule has 3 aliphatic rings. The molecular formula is C31H33FN4O6S. The Balaban J connectivity index is 1.47. The lowest BCUT2D eigenvalue weighted by Crippen LogP contribution is -2.37. The van der Waals surface area contributed by atoms with Gasteiger partial charge < -0.3 is 13.7 Å². The molecular weight excluding hydrogens is 575 g/mol. The van der Waals surface area contributed by atoms with Crippen molar-refractivity contribution in [2.24, 2.45) is 0 Å². The number of hydrogen-bond acceptors (Lipinski definition) is 8. The highest BCUT2D eigenvalue weighted by Gasteiger charge is 2.33. The molecule has 0 aliphatic carbocycles. The molecule has 43 heavy (non-hydrogen) atoms. The first-order chi connectivity index (χ1) is 20.6. The second kappa shape index (κ2) is 11.6. The van der Waals surface area contributed by atoms with Crippen molar-refractivity contribution in [3.05, 3.63) is 81.7 Å². The largest absolute Gasteiger partial charge is 0.491 e. The van der Waals surface area contributed by atoms with Crippen LogP contribution in [0.2, 0.25) is 0 Å². The van der Waals surface area contributed by atoms with E-state index in [4.69, 9.17) is 13.7 Å². The summed E-state index contributed by atoms with van der Waals surface area (Å²) in [4.78, 5) is 12.8. The molecule has 2 unspecified atom stereocenters. The zero-order valence-electron chi connectivity index (χ0n) is 24.3. The fourth-order valence-electron chi connectivity index (χ4n) is 5.79. The number of carbonyl (C=O) groups is 1. The number of ether oxygens (including phenoxy) is 2. The van der Waals surface area contributed by atoms with Gasteiger partial charge in [-0.1, -0.05) is 29.5 Å². The summed E-state index contributed by atoms with van der Waals surface area (Å²) < 4.78 is 60.6. The molecule has 0 radical (unpaired) electrons. The molecule has 3 aromatic carbocycles. The zero-order chi connectivity index (χ0) is 30.3. The Kier molecular flexibility index (Phi) is 7.82. The number of carbonyl (C=O) groups excluding carboxylic acids is 1. The van der Waals surface area contributed by atoms with Crippen LogP contribution in [0.3, 0.4) is 0 Å². The fourth-order valence-corrected chi connectivity index (χ4v) is 6.87. The van der Waals surface area contributed by atoms with Gasteiger partial charge in [0.25, 0.3) is 0 Å². The van der Waals surface area contributed by atoms with Gasteiger partial charge in [-0.15, -0.1) is 5.10 Å². The van der Waals surface area contributed by atoms with Gasteiger partial charge in [0.05, 0.1) is 25.2 Å². The maximum absolute atomic E-state index is 14.8. The number of nitrogens with zero attached hydrogens (tertiary/aromatic N) is 4. The monoisotopic (exact) mass is 608 g/mol. The molecule has 3 aliphatic heterocycles. The van der Waals surface area contributed by atoms with E-state index in [-0.39, 0.29) is 56.1 Å². The third-order valence-electron chi connectivity index (χ3n) is 8.15. The van der Waals surface area contributed by atoms with Gasteiger partial charge in [0, 0.05) is 37.2 Å². The van der Waals surface area contributed by atoms with Crippen LogP contribution >= 0.6 is 0 Å². The Bertz CT molecular complexity index is 1820. The summed E-state index contributed by atoms with van der Waals surface area (Å²) in [6.45, 7) is 6.80. The summed E-state index contributed by atoms with van der Waals surface area (Å²) in [5.74, 6) is -1.38. The van der Waals surface area contributed by atoms with Crippen LogP contribution < -0.4 is 8.92 Å². The number of benzene rings is 3. The minimum absolute atomic E-state index is 0.00781. The number of aryl methyl sites for hydroxylation is 3. The Morgan fingerprint density at radius 2 is 1.88 bits per heavy atom. The van der Waals surface area contributed by atoms with Crippen LogP contribution in [0.5, 0.6) is 11.5 Å². The van der Waals surface area contributed by atoms with Crippen molar-refractivity contribution < 1.29 is 31.3 Å². The smallest absolute Gasteiger partial charge is 0.385 e. The molecule has 7 rings (SSSR count). The SMILES string of the molecule is CCOC(=O)CC1c2ccc(C)c(c2)CN2Cc3cc(c(F)cc3OS2(=O)=O)OCCCCn2nnc3c(C)c1ccc32. The molecule has 1 aromatic heterocycles. The first-order valence-corrected chi connectivity index (χ1v) is 15.7. The Hall–Kier alpha value is -4.03. The molecule has 10 nitrogen and oxygen atoms in total. The number of halogens is 1. The number of rotatable bonds is 3.